The molecule has 0 fully saturated rings. The van der Waals surface area contributed by atoms with Crippen LogP contribution in [0.15, 0.2) is 60.9 Å². The van der Waals surface area contributed by atoms with Gasteiger partial charge in [-0.1, -0.05) is 26.0 Å². The Balaban J connectivity index is 0.00000109. The van der Waals surface area contributed by atoms with Gasteiger partial charge in [0.15, 0.2) is 0 Å². The summed E-state index contributed by atoms with van der Waals surface area (Å²) in [6, 6.07) is 11.8. The maximum Gasteiger partial charge on any atom is 0.258 e. The highest BCUT2D eigenvalue weighted by atomic mass is 32.1. The summed E-state index contributed by atoms with van der Waals surface area (Å²) >= 11 is 1.49. The molecular formula is C21H17F2N3OS. The van der Waals surface area contributed by atoms with Gasteiger partial charge in [0.25, 0.3) is 5.91 Å². The summed E-state index contributed by atoms with van der Waals surface area (Å²) < 4.78 is 27.7. The third-order valence-electron chi connectivity index (χ3n) is 3.73. The number of rotatable bonds is 3. The summed E-state index contributed by atoms with van der Waals surface area (Å²) in [6.07, 6.45) is 3.43. The number of benzene rings is 2. The van der Waals surface area contributed by atoms with Crippen LogP contribution in [0, 0.1) is 11.6 Å². The van der Waals surface area contributed by atoms with E-state index in [9.17, 15) is 13.6 Å². The fraction of sp³-hybridized carbons (Fsp3) is 0.0952. The number of amides is 1. The van der Waals surface area contributed by atoms with Crippen molar-refractivity contribution in [3.63, 3.8) is 0 Å². The average molecular weight is 397 g/mol. The minimum Gasteiger partial charge on any atom is -0.322 e. The lowest BCUT2D eigenvalue weighted by molar-refractivity contribution is 0.102. The lowest BCUT2D eigenvalue weighted by Gasteiger charge is -2.07. The zero-order chi connectivity index (χ0) is 20.1. The lowest BCUT2D eigenvalue weighted by atomic mass is 10.1. The van der Waals surface area contributed by atoms with Gasteiger partial charge in [0.2, 0.25) is 0 Å². The Bertz CT molecular complexity index is 1090. The molecular weight excluding hydrogens is 380 g/mol. The third-order valence-corrected chi connectivity index (χ3v) is 4.79. The van der Waals surface area contributed by atoms with Crippen LogP contribution >= 0.6 is 11.3 Å². The number of pyridine rings is 1. The second-order valence-corrected chi connectivity index (χ2v) is 6.55. The fourth-order valence-electron chi connectivity index (χ4n) is 2.51. The van der Waals surface area contributed by atoms with Crippen molar-refractivity contribution in [1.29, 1.82) is 0 Å². The Morgan fingerprint density at radius 2 is 1.89 bits per heavy atom. The molecule has 0 saturated heterocycles. The molecule has 4 rings (SSSR count). The molecule has 0 aliphatic rings. The third kappa shape index (κ3) is 4.20. The molecule has 1 amide bonds. The highest BCUT2D eigenvalue weighted by molar-refractivity contribution is 7.21. The number of halogens is 2. The topological polar surface area (TPSA) is 54.9 Å². The molecule has 2 aromatic carbocycles. The van der Waals surface area contributed by atoms with Crippen molar-refractivity contribution < 1.29 is 13.6 Å². The van der Waals surface area contributed by atoms with Crippen molar-refractivity contribution in [2.75, 3.05) is 5.32 Å². The number of nitrogens with one attached hydrogen (secondary N) is 1. The Labute approximate surface area is 164 Å². The van der Waals surface area contributed by atoms with Crippen LogP contribution < -0.4 is 5.32 Å². The van der Waals surface area contributed by atoms with Crippen LogP contribution in [0.4, 0.5) is 14.5 Å². The molecule has 1 N–H and O–H groups in total. The molecule has 0 aliphatic heterocycles. The fourth-order valence-corrected chi connectivity index (χ4v) is 3.43. The molecule has 0 atom stereocenters. The standard InChI is InChI=1S/C19H11F2N3OS.C2H6/c20-12-4-5-14(15(21)9-12)18(25)23-13-3-1-2-11(8-13)19-24-16-6-7-22-10-17(16)26-19;1-2/h1-10H,(H,23,25);1-2H3. The predicted octanol–water partition coefficient (Wildman–Crippen LogP) is 5.92. The van der Waals surface area contributed by atoms with E-state index in [0.717, 1.165) is 32.9 Å². The Morgan fingerprint density at radius 3 is 2.64 bits per heavy atom. The zero-order valence-electron chi connectivity index (χ0n) is 15.2. The molecule has 7 heteroatoms. The lowest BCUT2D eigenvalue weighted by Crippen LogP contribution is -2.13. The first-order valence-corrected chi connectivity index (χ1v) is 9.49. The van der Waals surface area contributed by atoms with E-state index < -0.39 is 17.5 Å². The normalized spacial score (nSPS) is 10.3. The molecule has 28 heavy (non-hydrogen) atoms. The van der Waals surface area contributed by atoms with Crippen molar-refractivity contribution in [2.24, 2.45) is 0 Å². The number of nitrogens with zero attached hydrogens (tertiary/aromatic N) is 2. The van der Waals surface area contributed by atoms with E-state index in [2.05, 4.69) is 15.3 Å². The second kappa shape index (κ2) is 8.67. The molecule has 0 saturated carbocycles. The molecule has 0 aliphatic carbocycles. The van der Waals surface area contributed by atoms with Crippen molar-refractivity contribution in [2.45, 2.75) is 13.8 Å². The van der Waals surface area contributed by atoms with Crippen molar-refractivity contribution in [3.05, 3.63) is 78.1 Å². The van der Waals surface area contributed by atoms with E-state index in [-0.39, 0.29) is 5.56 Å². The van der Waals surface area contributed by atoms with Gasteiger partial charge in [0.05, 0.1) is 15.8 Å². The van der Waals surface area contributed by atoms with Crippen molar-refractivity contribution in [1.82, 2.24) is 9.97 Å². The summed E-state index contributed by atoms with van der Waals surface area (Å²) in [5.74, 6) is -2.28. The van der Waals surface area contributed by atoms with Crippen LogP contribution in [-0.4, -0.2) is 15.9 Å². The largest absolute Gasteiger partial charge is 0.322 e. The van der Waals surface area contributed by atoms with Gasteiger partial charge in [-0.25, -0.2) is 13.8 Å². The quantitative estimate of drug-likeness (QED) is 0.467. The highest BCUT2D eigenvalue weighted by Gasteiger charge is 2.13. The number of carbonyl (C=O) groups is 1. The molecule has 4 aromatic rings. The van der Waals surface area contributed by atoms with Gasteiger partial charge in [0.1, 0.15) is 16.6 Å². The zero-order valence-corrected chi connectivity index (χ0v) is 16.1. The van der Waals surface area contributed by atoms with E-state index in [0.29, 0.717) is 11.8 Å². The number of hydrogen-bond acceptors (Lipinski definition) is 4. The summed E-state index contributed by atoms with van der Waals surface area (Å²) in [5, 5.41) is 3.41. The number of aromatic nitrogens is 2. The van der Waals surface area contributed by atoms with E-state index >= 15 is 0 Å². The maximum absolute atomic E-state index is 13.8. The number of anilines is 1. The van der Waals surface area contributed by atoms with Crippen LogP contribution in [0.3, 0.4) is 0 Å². The minimum absolute atomic E-state index is 0.220. The number of hydrogen-bond donors (Lipinski definition) is 1. The van der Waals surface area contributed by atoms with Gasteiger partial charge in [-0.05, 0) is 30.3 Å². The Kier molecular flexibility index (Phi) is 6.06. The van der Waals surface area contributed by atoms with Crippen LogP contribution in [-0.2, 0) is 0 Å². The number of thiazole rings is 1. The first-order chi connectivity index (χ1) is 13.6. The van der Waals surface area contributed by atoms with Crippen LogP contribution in [0.2, 0.25) is 0 Å². The predicted molar refractivity (Wildman–Crippen MR) is 109 cm³/mol. The van der Waals surface area contributed by atoms with E-state index in [1.807, 2.05) is 26.0 Å². The molecule has 0 radical (unpaired) electrons. The van der Waals surface area contributed by atoms with Gasteiger partial charge in [-0.15, -0.1) is 11.3 Å². The molecule has 4 nitrogen and oxygen atoms in total. The van der Waals surface area contributed by atoms with Gasteiger partial charge >= 0.3 is 0 Å². The molecule has 0 unspecified atom stereocenters. The van der Waals surface area contributed by atoms with Gasteiger partial charge < -0.3 is 5.32 Å². The molecule has 142 valence electrons. The number of fused-ring (bicyclic) bond motifs is 1. The monoisotopic (exact) mass is 397 g/mol. The van der Waals surface area contributed by atoms with Gasteiger partial charge in [0, 0.05) is 29.7 Å². The van der Waals surface area contributed by atoms with Gasteiger partial charge in [-0.3, -0.25) is 9.78 Å². The van der Waals surface area contributed by atoms with Crippen LogP contribution in [0.5, 0.6) is 0 Å². The van der Waals surface area contributed by atoms with Crippen LogP contribution in [0.25, 0.3) is 20.8 Å². The van der Waals surface area contributed by atoms with E-state index in [4.69, 9.17) is 0 Å². The molecule has 2 aromatic heterocycles. The minimum atomic E-state index is -0.905. The SMILES string of the molecule is CC.O=C(Nc1cccc(-c2nc3ccncc3s2)c1)c1ccc(F)cc1F. The summed E-state index contributed by atoms with van der Waals surface area (Å²) in [4.78, 5) is 20.9. The van der Waals surface area contributed by atoms with Gasteiger partial charge in [-0.2, -0.15) is 0 Å². The van der Waals surface area contributed by atoms with Crippen molar-refractivity contribution >= 4 is 33.1 Å². The second-order valence-electron chi connectivity index (χ2n) is 5.52. The van der Waals surface area contributed by atoms with Crippen LogP contribution in [0.1, 0.15) is 24.2 Å². The van der Waals surface area contributed by atoms with E-state index in [1.165, 1.54) is 11.3 Å². The smallest absolute Gasteiger partial charge is 0.258 e. The first-order valence-electron chi connectivity index (χ1n) is 8.67. The summed E-state index contributed by atoms with van der Waals surface area (Å²) in [5.41, 5.74) is 1.95. The average Bonchev–Trinajstić information content (AvgIpc) is 3.14. The van der Waals surface area contributed by atoms with E-state index in [1.54, 1.807) is 30.6 Å². The Hall–Kier alpha value is -3.19. The molecule has 0 spiro atoms. The van der Waals surface area contributed by atoms with Crippen molar-refractivity contribution in [3.8, 4) is 10.6 Å². The highest BCUT2D eigenvalue weighted by Crippen LogP contribution is 2.30. The summed E-state index contributed by atoms with van der Waals surface area (Å²) in [6.45, 7) is 4.00. The molecule has 2 heterocycles. The molecule has 0 bridgehead atoms. The first kappa shape index (κ1) is 19.6. The summed E-state index contributed by atoms with van der Waals surface area (Å²) in [7, 11) is 0. The number of carbonyl (C=O) groups excluding carboxylic acids is 1. The Morgan fingerprint density at radius 1 is 1.07 bits per heavy atom. The maximum atomic E-state index is 13.8.